The standard InChI is InChI=1S/C7H5N2.K/c1-2-5-9-6-4-8-7(9)3-1;/h2-6H;/q-1;+1. The summed E-state index contributed by atoms with van der Waals surface area (Å²) in [7, 11) is 0. The van der Waals surface area contributed by atoms with Gasteiger partial charge in [0.25, 0.3) is 0 Å². The van der Waals surface area contributed by atoms with Crippen molar-refractivity contribution in [3.05, 3.63) is 36.8 Å². The quantitative estimate of drug-likeness (QED) is 0.323. The van der Waals surface area contributed by atoms with Gasteiger partial charge in [0.15, 0.2) is 0 Å². The Balaban J connectivity index is 0.000000500. The number of fused-ring (bicyclic) bond motifs is 1. The van der Waals surface area contributed by atoms with Crippen molar-refractivity contribution in [3.63, 3.8) is 0 Å². The normalized spacial score (nSPS) is 9.20. The van der Waals surface area contributed by atoms with E-state index in [-0.39, 0.29) is 51.4 Å². The van der Waals surface area contributed by atoms with Gasteiger partial charge in [-0.15, -0.1) is 6.07 Å². The first-order chi connectivity index (χ1) is 4.47. The summed E-state index contributed by atoms with van der Waals surface area (Å²) in [6, 6.07) is 6.64. The van der Waals surface area contributed by atoms with Crippen LogP contribution in [0.3, 0.4) is 0 Å². The number of nitrogens with zero attached hydrogens (tertiary/aromatic N) is 2. The van der Waals surface area contributed by atoms with Gasteiger partial charge in [0.05, 0.1) is 0 Å². The molecule has 0 saturated carbocycles. The van der Waals surface area contributed by atoms with Crippen LogP contribution < -0.4 is 51.4 Å². The van der Waals surface area contributed by atoms with E-state index in [4.69, 9.17) is 0 Å². The van der Waals surface area contributed by atoms with Crippen LogP contribution in [0.15, 0.2) is 30.7 Å². The maximum Gasteiger partial charge on any atom is 1.00 e. The van der Waals surface area contributed by atoms with E-state index < -0.39 is 0 Å². The minimum Gasteiger partial charge on any atom is -0.414 e. The molecule has 10 heavy (non-hydrogen) atoms. The van der Waals surface area contributed by atoms with Crippen LogP contribution in [-0.4, -0.2) is 9.38 Å². The Bertz CT molecular complexity index is 286. The molecular formula is C7H5KN2. The van der Waals surface area contributed by atoms with Gasteiger partial charge in [0.2, 0.25) is 0 Å². The second-order valence-corrected chi connectivity index (χ2v) is 1.82. The Kier molecular flexibility index (Phi) is 3.07. The number of imidazole rings is 1. The number of rotatable bonds is 0. The van der Waals surface area contributed by atoms with Crippen LogP contribution in [0.1, 0.15) is 0 Å². The predicted molar refractivity (Wildman–Crippen MR) is 34.0 cm³/mol. The van der Waals surface area contributed by atoms with Gasteiger partial charge in [-0.1, -0.05) is 6.20 Å². The molecule has 44 valence electrons. The third-order valence-electron chi connectivity index (χ3n) is 1.24. The fourth-order valence-electron chi connectivity index (χ4n) is 0.808. The molecule has 2 rings (SSSR count). The molecule has 0 aliphatic carbocycles. The summed E-state index contributed by atoms with van der Waals surface area (Å²) in [6.07, 6.45) is 5.59. The minimum absolute atomic E-state index is 0. The van der Waals surface area contributed by atoms with Crippen LogP contribution in [0.2, 0.25) is 0 Å². The SMILES string of the molecule is [K+].[c-]1ccn2ccnc2c1. The fourth-order valence-corrected chi connectivity index (χ4v) is 0.808. The van der Waals surface area contributed by atoms with Gasteiger partial charge >= 0.3 is 51.4 Å². The molecule has 0 aromatic carbocycles. The first-order valence-corrected chi connectivity index (χ1v) is 2.75. The molecule has 0 amide bonds. The Morgan fingerprint density at radius 1 is 1.40 bits per heavy atom. The molecule has 2 aromatic rings. The van der Waals surface area contributed by atoms with E-state index in [9.17, 15) is 0 Å². The molecule has 2 heterocycles. The van der Waals surface area contributed by atoms with Gasteiger partial charge in [-0.2, -0.15) is 12.1 Å². The molecule has 2 nitrogen and oxygen atoms in total. The monoisotopic (exact) mass is 156 g/mol. The van der Waals surface area contributed by atoms with Crippen molar-refractivity contribution in [1.82, 2.24) is 9.38 Å². The van der Waals surface area contributed by atoms with Crippen LogP contribution in [0.25, 0.3) is 5.65 Å². The first kappa shape index (κ1) is 8.42. The topological polar surface area (TPSA) is 17.3 Å². The summed E-state index contributed by atoms with van der Waals surface area (Å²) in [4.78, 5) is 4.05. The third kappa shape index (κ3) is 1.49. The summed E-state index contributed by atoms with van der Waals surface area (Å²) < 4.78 is 1.94. The number of pyridine rings is 1. The van der Waals surface area contributed by atoms with Crippen LogP contribution >= 0.6 is 0 Å². The van der Waals surface area contributed by atoms with E-state index in [1.807, 2.05) is 28.9 Å². The van der Waals surface area contributed by atoms with Gasteiger partial charge in [0, 0.05) is 18.0 Å². The maximum atomic E-state index is 4.05. The zero-order valence-electron chi connectivity index (χ0n) is 5.78. The largest absolute Gasteiger partial charge is 1.00 e. The summed E-state index contributed by atoms with van der Waals surface area (Å²) >= 11 is 0. The van der Waals surface area contributed by atoms with E-state index in [1.165, 1.54) is 0 Å². The number of aromatic nitrogens is 2. The molecule has 0 saturated heterocycles. The third-order valence-corrected chi connectivity index (χ3v) is 1.24. The van der Waals surface area contributed by atoms with Crippen molar-refractivity contribution in [2.45, 2.75) is 0 Å². The van der Waals surface area contributed by atoms with E-state index in [2.05, 4.69) is 11.1 Å². The van der Waals surface area contributed by atoms with Gasteiger partial charge < -0.3 is 9.38 Å². The Morgan fingerprint density at radius 3 is 3.10 bits per heavy atom. The van der Waals surface area contributed by atoms with Crippen molar-refractivity contribution in [1.29, 1.82) is 0 Å². The van der Waals surface area contributed by atoms with Crippen LogP contribution in [0.4, 0.5) is 0 Å². The van der Waals surface area contributed by atoms with E-state index in [0.29, 0.717) is 0 Å². The zero-order chi connectivity index (χ0) is 6.10. The van der Waals surface area contributed by atoms with E-state index in [0.717, 1.165) is 5.65 Å². The molecule has 0 fully saturated rings. The molecule has 0 atom stereocenters. The smallest absolute Gasteiger partial charge is 0.414 e. The molecule has 0 bridgehead atoms. The van der Waals surface area contributed by atoms with Gasteiger partial charge in [0.1, 0.15) is 0 Å². The van der Waals surface area contributed by atoms with Gasteiger partial charge in [-0.25, -0.2) is 0 Å². The molecule has 0 N–H and O–H groups in total. The summed E-state index contributed by atoms with van der Waals surface area (Å²) in [5.74, 6) is 0. The second-order valence-electron chi connectivity index (χ2n) is 1.82. The van der Waals surface area contributed by atoms with Gasteiger partial charge in [-0.3, -0.25) is 0 Å². The molecule has 0 spiro atoms. The number of hydrogen-bond donors (Lipinski definition) is 0. The summed E-state index contributed by atoms with van der Waals surface area (Å²) in [5.41, 5.74) is 0.942. The molecule has 2 aromatic heterocycles. The fraction of sp³-hybridized carbons (Fsp3) is 0. The van der Waals surface area contributed by atoms with Crippen LogP contribution in [0, 0.1) is 6.07 Å². The van der Waals surface area contributed by atoms with Crippen molar-refractivity contribution in [3.8, 4) is 0 Å². The van der Waals surface area contributed by atoms with E-state index in [1.54, 1.807) is 6.20 Å². The van der Waals surface area contributed by atoms with Crippen molar-refractivity contribution in [2.75, 3.05) is 0 Å². The predicted octanol–water partition coefficient (Wildman–Crippen LogP) is -1.86. The van der Waals surface area contributed by atoms with Crippen molar-refractivity contribution < 1.29 is 51.4 Å². The molecule has 0 unspecified atom stereocenters. The number of hydrogen-bond acceptors (Lipinski definition) is 1. The average molecular weight is 156 g/mol. The van der Waals surface area contributed by atoms with Crippen molar-refractivity contribution in [2.24, 2.45) is 0 Å². The van der Waals surface area contributed by atoms with E-state index >= 15 is 0 Å². The summed E-state index contributed by atoms with van der Waals surface area (Å²) in [6.45, 7) is 0. The van der Waals surface area contributed by atoms with Gasteiger partial charge in [-0.05, 0) is 0 Å². The van der Waals surface area contributed by atoms with Crippen molar-refractivity contribution >= 4 is 5.65 Å². The first-order valence-electron chi connectivity index (χ1n) is 2.75. The average Bonchev–Trinajstić information content (AvgIpc) is 2.33. The Labute approximate surface area is 102 Å². The Hall–Kier alpha value is 0.326. The molecular weight excluding hydrogens is 151 g/mol. The van der Waals surface area contributed by atoms with Crippen LogP contribution in [0.5, 0.6) is 0 Å². The van der Waals surface area contributed by atoms with Crippen LogP contribution in [-0.2, 0) is 0 Å². The summed E-state index contributed by atoms with van der Waals surface area (Å²) in [5, 5.41) is 0. The molecule has 0 radical (unpaired) electrons. The maximum absolute atomic E-state index is 4.05. The Morgan fingerprint density at radius 2 is 2.30 bits per heavy atom. The minimum atomic E-state index is 0. The molecule has 0 aliphatic rings. The second kappa shape index (κ2) is 3.64. The zero-order valence-corrected chi connectivity index (χ0v) is 8.90. The molecule has 3 heteroatoms. The molecule has 0 aliphatic heterocycles.